The average Bonchev–Trinajstić information content (AvgIpc) is 2.80. The van der Waals surface area contributed by atoms with Gasteiger partial charge in [0.25, 0.3) is 5.91 Å². The van der Waals surface area contributed by atoms with Crippen LogP contribution in [-0.2, 0) is 0 Å². The molecule has 98 valence electrons. The smallest absolute Gasteiger partial charge is 0.356 e. The normalized spacial score (nSPS) is 10.2. The quantitative estimate of drug-likeness (QED) is 0.812. The molecule has 19 heavy (non-hydrogen) atoms. The number of anilines is 1. The van der Waals surface area contributed by atoms with Gasteiger partial charge in [-0.1, -0.05) is 29.3 Å². The standard InChI is InChI=1S/C11H7Cl2N3O3/c12-6-3-1-2-5(8(6)13)10(17)15-7-4-14-16-9(7)11(18)19/h1-4H,(H,14,16)(H,15,17)(H,18,19). The predicted molar refractivity (Wildman–Crippen MR) is 70.0 cm³/mol. The first-order valence-corrected chi connectivity index (χ1v) is 5.78. The number of halogens is 2. The van der Waals surface area contributed by atoms with Crippen molar-refractivity contribution in [2.24, 2.45) is 0 Å². The number of nitrogens with one attached hydrogen (secondary N) is 2. The summed E-state index contributed by atoms with van der Waals surface area (Å²) in [6.07, 6.45) is 1.19. The number of carbonyl (C=O) groups excluding carboxylic acids is 1. The predicted octanol–water partition coefficient (Wildman–Crippen LogP) is 2.67. The third-order valence-corrected chi connectivity index (χ3v) is 3.12. The molecule has 1 amide bonds. The number of H-pyrrole nitrogens is 1. The van der Waals surface area contributed by atoms with Crippen LogP contribution >= 0.6 is 23.2 Å². The maximum absolute atomic E-state index is 12.0. The highest BCUT2D eigenvalue weighted by Gasteiger charge is 2.17. The molecule has 1 heterocycles. The third-order valence-electron chi connectivity index (χ3n) is 2.30. The summed E-state index contributed by atoms with van der Waals surface area (Å²) in [5.74, 6) is -1.80. The molecule has 0 aliphatic rings. The number of rotatable bonds is 3. The Hall–Kier alpha value is -2.05. The Morgan fingerprint density at radius 1 is 1.32 bits per heavy atom. The number of hydrogen-bond donors (Lipinski definition) is 3. The topological polar surface area (TPSA) is 95.1 Å². The van der Waals surface area contributed by atoms with Gasteiger partial charge in [0.15, 0.2) is 5.69 Å². The first kappa shape index (κ1) is 13.4. The number of amides is 1. The zero-order chi connectivity index (χ0) is 14.0. The van der Waals surface area contributed by atoms with E-state index in [1.54, 1.807) is 12.1 Å². The first-order chi connectivity index (χ1) is 9.00. The van der Waals surface area contributed by atoms with Gasteiger partial charge in [-0.3, -0.25) is 9.89 Å². The van der Waals surface area contributed by atoms with Crippen molar-refractivity contribution < 1.29 is 14.7 Å². The maximum Gasteiger partial charge on any atom is 0.356 e. The Labute approximate surface area is 117 Å². The number of carboxylic acids is 1. The molecule has 1 aromatic carbocycles. The molecule has 0 atom stereocenters. The molecule has 0 spiro atoms. The van der Waals surface area contributed by atoms with Crippen LogP contribution in [0.4, 0.5) is 5.69 Å². The van der Waals surface area contributed by atoms with E-state index in [4.69, 9.17) is 28.3 Å². The second-order valence-corrected chi connectivity index (χ2v) is 4.30. The van der Waals surface area contributed by atoms with Gasteiger partial charge in [0, 0.05) is 0 Å². The molecule has 0 radical (unpaired) electrons. The van der Waals surface area contributed by atoms with Crippen molar-refractivity contribution in [1.29, 1.82) is 0 Å². The minimum Gasteiger partial charge on any atom is -0.476 e. The van der Waals surface area contributed by atoms with Gasteiger partial charge in [-0.25, -0.2) is 4.79 Å². The molecule has 0 bridgehead atoms. The van der Waals surface area contributed by atoms with Gasteiger partial charge in [0.05, 0.1) is 27.5 Å². The molecule has 8 heteroatoms. The van der Waals surface area contributed by atoms with Crippen molar-refractivity contribution in [1.82, 2.24) is 10.2 Å². The molecular weight excluding hydrogens is 293 g/mol. The minimum absolute atomic E-state index is 0.0496. The van der Waals surface area contributed by atoms with E-state index in [-0.39, 0.29) is 27.0 Å². The van der Waals surface area contributed by atoms with E-state index in [9.17, 15) is 9.59 Å². The van der Waals surface area contributed by atoms with Crippen molar-refractivity contribution in [3.63, 3.8) is 0 Å². The molecular formula is C11H7Cl2N3O3. The summed E-state index contributed by atoms with van der Waals surface area (Å²) in [7, 11) is 0. The molecule has 6 nitrogen and oxygen atoms in total. The number of carboxylic acid groups (broad SMARTS) is 1. The lowest BCUT2D eigenvalue weighted by atomic mass is 10.2. The molecule has 2 rings (SSSR count). The number of aromatic nitrogens is 2. The number of carbonyl (C=O) groups is 2. The van der Waals surface area contributed by atoms with Crippen LogP contribution in [0.5, 0.6) is 0 Å². The molecule has 2 aromatic rings. The van der Waals surface area contributed by atoms with Crippen LogP contribution in [-0.4, -0.2) is 27.2 Å². The zero-order valence-corrected chi connectivity index (χ0v) is 10.8. The van der Waals surface area contributed by atoms with Gasteiger partial charge in [-0.2, -0.15) is 5.10 Å². The monoisotopic (exact) mass is 299 g/mol. The van der Waals surface area contributed by atoms with Gasteiger partial charge < -0.3 is 10.4 Å². The van der Waals surface area contributed by atoms with Crippen LogP contribution in [0.3, 0.4) is 0 Å². The summed E-state index contributed by atoms with van der Waals surface area (Å²) in [6, 6.07) is 4.59. The van der Waals surface area contributed by atoms with Gasteiger partial charge in [0.1, 0.15) is 0 Å². The number of hydrogen-bond acceptors (Lipinski definition) is 3. The Kier molecular flexibility index (Phi) is 3.73. The molecule has 1 aromatic heterocycles. The van der Waals surface area contributed by atoms with Crippen molar-refractivity contribution in [2.45, 2.75) is 0 Å². The summed E-state index contributed by atoms with van der Waals surface area (Å²) in [5, 5.41) is 17.4. The van der Waals surface area contributed by atoms with Crippen molar-refractivity contribution in [3.8, 4) is 0 Å². The van der Waals surface area contributed by atoms with Gasteiger partial charge in [-0.15, -0.1) is 0 Å². The van der Waals surface area contributed by atoms with Crippen molar-refractivity contribution in [2.75, 3.05) is 5.32 Å². The molecule has 0 fully saturated rings. The van der Waals surface area contributed by atoms with Crippen LogP contribution in [0.1, 0.15) is 20.8 Å². The van der Waals surface area contributed by atoms with E-state index in [1.165, 1.54) is 12.3 Å². The van der Waals surface area contributed by atoms with Crippen LogP contribution in [0.25, 0.3) is 0 Å². The number of benzene rings is 1. The Balaban J connectivity index is 2.29. The van der Waals surface area contributed by atoms with Crippen molar-refractivity contribution in [3.05, 3.63) is 45.7 Å². The van der Waals surface area contributed by atoms with Gasteiger partial charge >= 0.3 is 5.97 Å². The highest BCUT2D eigenvalue weighted by Crippen LogP contribution is 2.26. The van der Waals surface area contributed by atoms with E-state index in [1.807, 2.05) is 0 Å². The zero-order valence-electron chi connectivity index (χ0n) is 9.28. The van der Waals surface area contributed by atoms with E-state index < -0.39 is 11.9 Å². The minimum atomic E-state index is -1.23. The van der Waals surface area contributed by atoms with E-state index in [0.717, 1.165) is 0 Å². The summed E-state index contributed by atoms with van der Waals surface area (Å²) >= 11 is 11.7. The van der Waals surface area contributed by atoms with Gasteiger partial charge in [-0.05, 0) is 12.1 Å². The molecule has 0 unspecified atom stereocenters. The van der Waals surface area contributed by atoms with Crippen LogP contribution < -0.4 is 5.32 Å². The third kappa shape index (κ3) is 2.69. The molecule has 0 aliphatic heterocycles. The lowest BCUT2D eigenvalue weighted by molar-refractivity contribution is 0.0691. The highest BCUT2D eigenvalue weighted by molar-refractivity contribution is 6.44. The van der Waals surface area contributed by atoms with Crippen LogP contribution in [0.2, 0.25) is 10.0 Å². The Morgan fingerprint density at radius 3 is 2.74 bits per heavy atom. The first-order valence-electron chi connectivity index (χ1n) is 5.02. The van der Waals surface area contributed by atoms with Gasteiger partial charge in [0.2, 0.25) is 0 Å². The summed E-state index contributed by atoms with van der Waals surface area (Å²) in [5.41, 5.74) is -0.0215. The number of aromatic amines is 1. The average molecular weight is 300 g/mol. The largest absolute Gasteiger partial charge is 0.476 e. The maximum atomic E-state index is 12.0. The second-order valence-electron chi connectivity index (χ2n) is 3.52. The lowest BCUT2D eigenvalue weighted by Crippen LogP contribution is -2.14. The Bertz CT molecular complexity index is 654. The fourth-order valence-corrected chi connectivity index (χ4v) is 1.80. The van der Waals surface area contributed by atoms with Crippen LogP contribution in [0.15, 0.2) is 24.4 Å². The molecule has 0 saturated heterocycles. The molecule has 0 aliphatic carbocycles. The van der Waals surface area contributed by atoms with E-state index in [2.05, 4.69) is 15.5 Å². The van der Waals surface area contributed by atoms with E-state index >= 15 is 0 Å². The number of aromatic carboxylic acids is 1. The summed E-state index contributed by atoms with van der Waals surface area (Å²) in [6.45, 7) is 0. The van der Waals surface area contributed by atoms with E-state index in [0.29, 0.717) is 0 Å². The van der Waals surface area contributed by atoms with Crippen LogP contribution in [0, 0.1) is 0 Å². The molecule has 3 N–H and O–H groups in total. The summed E-state index contributed by atoms with van der Waals surface area (Å²) < 4.78 is 0. The van der Waals surface area contributed by atoms with Crippen molar-refractivity contribution >= 4 is 40.8 Å². The summed E-state index contributed by atoms with van der Waals surface area (Å²) in [4.78, 5) is 22.8. The molecule has 0 saturated carbocycles. The fraction of sp³-hybridized carbons (Fsp3) is 0. The second kappa shape index (κ2) is 5.29. The Morgan fingerprint density at radius 2 is 2.05 bits per heavy atom. The SMILES string of the molecule is O=C(Nc1cn[nH]c1C(=O)O)c1cccc(Cl)c1Cl. The fourth-order valence-electron chi connectivity index (χ4n) is 1.41. The highest BCUT2D eigenvalue weighted by atomic mass is 35.5. The lowest BCUT2D eigenvalue weighted by Gasteiger charge is -2.06. The number of nitrogens with zero attached hydrogens (tertiary/aromatic N) is 1.